The first-order valence-electron chi connectivity index (χ1n) is 5.40. The quantitative estimate of drug-likeness (QED) is 0.805. The molecule has 0 aliphatic carbocycles. The number of hydrogen-bond acceptors (Lipinski definition) is 5. The van der Waals surface area contributed by atoms with E-state index in [-0.39, 0.29) is 11.9 Å². The second-order valence-electron chi connectivity index (χ2n) is 3.78. The largest absolute Gasteiger partial charge is 0.255 e. The molecule has 1 aromatic rings. The Morgan fingerprint density at radius 1 is 1.22 bits per heavy atom. The van der Waals surface area contributed by atoms with Crippen LogP contribution in [0, 0.1) is 5.82 Å². The summed E-state index contributed by atoms with van der Waals surface area (Å²) in [6.45, 7) is 0. The van der Waals surface area contributed by atoms with Gasteiger partial charge >= 0.3 is 0 Å². The van der Waals surface area contributed by atoms with E-state index in [1.54, 1.807) is 6.07 Å². The second-order valence-corrected chi connectivity index (χ2v) is 4.78. The first-order valence-corrected chi connectivity index (χ1v) is 6.38. The lowest BCUT2D eigenvalue weighted by molar-refractivity contribution is 0.626. The standard InChI is InChI=1S/C12H9FN4S/c13-9-3-1-2-8(4-9)5-18-12-10-11(15-6-14-10)16-7-17-12/h1-4,6-7,10H,5H2. The molecule has 2 heterocycles. The summed E-state index contributed by atoms with van der Waals surface area (Å²) in [5.41, 5.74) is 0.922. The van der Waals surface area contributed by atoms with Crippen LogP contribution in [0.3, 0.4) is 0 Å². The third kappa shape index (κ3) is 2.24. The highest BCUT2D eigenvalue weighted by atomic mass is 32.2. The van der Waals surface area contributed by atoms with Gasteiger partial charge in [0.05, 0.1) is 0 Å². The van der Waals surface area contributed by atoms with Crippen LogP contribution in [0.15, 0.2) is 44.2 Å². The maximum absolute atomic E-state index is 13.0. The fourth-order valence-corrected chi connectivity index (χ4v) is 2.63. The zero-order valence-electron chi connectivity index (χ0n) is 9.32. The minimum Gasteiger partial charge on any atom is -0.255 e. The third-order valence-corrected chi connectivity index (χ3v) is 3.64. The van der Waals surface area contributed by atoms with Crippen LogP contribution in [0.4, 0.5) is 4.39 Å². The number of hydrogen-bond donors (Lipinski definition) is 0. The molecule has 0 spiro atoms. The van der Waals surface area contributed by atoms with Crippen LogP contribution in [0.25, 0.3) is 0 Å². The van der Waals surface area contributed by atoms with Crippen molar-refractivity contribution < 1.29 is 4.39 Å². The molecule has 1 unspecified atom stereocenters. The number of benzene rings is 1. The van der Waals surface area contributed by atoms with Gasteiger partial charge in [0.25, 0.3) is 0 Å². The van der Waals surface area contributed by atoms with Crippen LogP contribution in [0.5, 0.6) is 0 Å². The van der Waals surface area contributed by atoms with Crippen molar-refractivity contribution in [3.8, 4) is 0 Å². The van der Waals surface area contributed by atoms with Gasteiger partial charge in [0.2, 0.25) is 0 Å². The van der Waals surface area contributed by atoms with Gasteiger partial charge in [-0.15, -0.1) is 11.8 Å². The van der Waals surface area contributed by atoms with Gasteiger partial charge in [0.1, 0.15) is 23.5 Å². The number of halogens is 1. The number of rotatable bonds is 2. The average molecular weight is 260 g/mol. The van der Waals surface area contributed by atoms with E-state index in [1.807, 2.05) is 6.07 Å². The minimum atomic E-state index is -0.221. The van der Waals surface area contributed by atoms with Gasteiger partial charge in [0, 0.05) is 5.75 Å². The van der Waals surface area contributed by atoms with Crippen molar-refractivity contribution in [1.29, 1.82) is 0 Å². The van der Waals surface area contributed by atoms with E-state index in [9.17, 15) is 4.39 Å². The van der Waals surface area contributed by atoms with E-state index >= 15 is 0 Å². The molecule has 0 saturated heterocycles. The van der Waals surface area contributed by atoms with Crippen molar-refractivity contribution in [3.05, 3.63) is 35.6 Å². The minimum absolute atomic E-state index is 0.173. The first-order chi connectivity index (χ1) is 8.83. The molecule has 4 nitrogen and oxygen atoms in total. The highest BCUT2D eigenvalue weighted by molar-refractivity contribution is 8.13. The Morgan fingerprint density at radius 2 is 2.17 bits per heavy atom. The molecule has 2 aliphatic heterocycles. The summed E-state index contributed by atoms with van der Waals surface area (Å²) in [5, 5.41) is 0.849. The van der Waals surface area contributed by atoms with Crippen molar-refractivity contribution in [1.82, 2.24) is 0 Å². The molecule has 6 heteroatoms. The van der Waals surface area contributed by atoms with Crippen LogP contribution in [0.1, 0.15) is 5.56 Å². The van der Waals surface area contributed by atoms with Gasteiger partial charge < -0.3 is 0 Å². The lowest BCUT2D eigenvalue weighted by Crippen LogP contribution is -2.25. The summed E-state index contributed by atoms with van der Waals surface area (Å²) < 4.78 is 13.0. The van der Waals surface area contributed by atoms with E-state index in [0.717, 1.165) is 10.6 Å². The van der Waals surface area contributed by atoms with Gasteiger partial charge in [-0.2, -0.15) is 0 Å². The molecule has 1 atom stereocenters. The predicted molar refractivity (Wildman–Crippen MR) is 73.3 cm³/mol. The summed E-state index contributed by atoms with van der Waals surface area (Å²) in [4.78, 5) is 16.5. The lowest BCUT2D eigenvalue weighted by atomic mass is 10.2. The van der Waals surface area contributed by atoms with Crippen molar-refractivity contribution >= 4 is 35.3 Å². The Bertz CT molecular complexity index is 591. The summed E-state index contributed by atoms with van der Waals surface area (Å²) in [6, 6.07) is 6.38. The highest BCUT2D eigenvalue weighted by Crippen LogP contribution is 2.22. The SMILES string of the molecule is Fc1cccc(CSC2=NC=NC3=NC=NC32)c1. The summed E-state index contributed by atoms with van der Waals surface area (Å²) in [5.74, 6) is 1.11. The Kier molecular flexibility index (Phi) is 3.02. The van der Waals surface area contributed by atoms with E-state index < -0.39 is 0 Å². The normalized spacial score (nSPS) is 20.6. The first kappa shape index (κ1) is 11.3. The molecular formula is C12H9FN4S. The van der Waals surface area contributed by atoms with Crippen molar-refractivity contribution in [3.63, 3.8) is 0 Å². The summed E-state index contributed by atoms with van der Waals surface area (Å²) in [7, 11) is 0. The molecular weight excluding hydrogens is 251 g/mol. The molecule has 1 aromatic carbocycles. The Labute approximate surface area is 107 Å². The molecule has 0 aromatic heterocycles. The Morgan fingerprint density at radius 3 is 3.06 bits per heavy atom. The average Bonchev–Trinajstić information content (AvgIpc) is 2.85. The van der Waals surface area contributed by atoms with Gasteiger partial charge in [-0.3, -0.25) is 4.99 Å². The molecule has 0 bridgehead atoms. The van der Waals surface area contributed by atoms with Crippen LogP contribution in [-0.4, -0.2) is 29.6 Å². The number of nitrogens with zero attached hydrogens (tertiary/aromatic N) is 4. The number of amidine groups is 1. The molecule has 2 aliphatic rings. The molecule has 90 valence electrons. The fraction of sp³-hybridized carbons (Fsp3) is 0.167. The highest BCUT2D eigenvalue weighted by Gasteiger charge is 2.26. The van der Waals surface area contributed by atoms with Crippen molar-refractivity contribution in [2.75, 3.05) is 0 Å². The maximum Gasteiger partial charge on any atom is 0.163 e. The third-order valence-electron chi connectivity index (χ3n) is 2.53. The molecule has 0 radical (unpaired) electrons. The van der Waals surface area contributed by atoms with Crippen LogP contribution < -0.4 is 0 Å². The fourth-order valence-electron chi connectivity index (χ4n) is 1.69. The van der Waals surface area contributed by atoms with Crippen molar-refractivity contribution in [2.45, 2.75) is 11.8 Å². The Balaban J connectivity index is 1.70. The smallest absolute Gasteiger partial charge is 0.163 e. The van der Waals surface area contributed by atoms with Crippen LogP contribution >= 0.6 is 11.8 Å². The monoisotopic (exact) mass is 260 g/mol. The lowest BCUT2D eigenvalue weighted by Gasteiger charge is -2.13. The van der Waals surface area contributed by atoms with Crippen LogP contribution in [-0.2, 0) is 5.75 Å². The summed E-state index contributed by atoms with van der Waals surface area (Å²) in [6.07, 6.45) is 2.98. The van der Waals surface area contributed by atoms with Gasteiger partial charge in [0.15, 0.2) is 11.9 Å². The summed E-state index contributed by atoms with van der Waals surface area (Å²) >= 11 is 1.53. The van der Waals surface area contributed by atoms with E-state index in [4.69, 9.17) is 0 Å². The number of thioether (sulfide) groups is 1. The van der Waals surface area contributed by atoms with Gasteiger partial charge in [-0.05, 0) is 17.7 Å². The molecule has 0 fully saturated rings. The number of aliphatic imine (C=N–C) groups is 4. The van der Waals surface area contributed by atoms with Crippen LogP contribution in [0.2, 0.25) is 0 Å². The number of fused-ring (bicyclic) bond motifs is 1. The van der Waals surface area contributed by atoms with E-state index in [0.29, 0.717) is 11.6 Å². The van der Waals surface area contributed by atoms with E-state index in [1.165, 1.54) is 36.6 Å². The molecule has 3 rings (SSSR count). The van der Waals surface area contributed by atoms with Gasteiger partial charge in [-0.1, -0.05) is 12.1 Å². The molecule has 0 saturated carbocycles. The van der Waals surface area contributed by atoms with E-state index in [2.05, 4.69) is 20.0 Å². The molecule has 18 heavy (non-hydrogen) atoms. The molecule has 0 amide bonds. The zero-order chi connectivity index (χ0) is 12.4. The topological polar surface area (TPSA) is 49.4 Å². The van der Waals surface area contributed by atoms with Gasteiger partial charge in [-0.25, -0.2) is 19.4 Å². The van der Waals surface area contributed by atoms with Crippen molar-refractivity contribution in [2.24, 2.45) is 20.0 Å². The molecule has 0 N–H and O–H groups in total. The Hall–Kier alpha value is -1.82. The zero-order valence-corrected chi connectivity index (χ0v) is 10.1. The maximum atomic E-state index is 13.0. The predicted octanol–water partition coefficient (Wildman–Crippen LogP) is 2.31. The second kappa shape index (κ2) is 4.81.